The standard InChI is InChI=1S/C24H27N7O2/c1-25-23-22-20(12-21(29-30-22)28-24(32)17-3-4-17)18(14-27-23)5-7-19-6-2-16(13-26-19)15-31-8-10-33-11-9-31/h2,5-7,12-14,17H,3-4,8-11,15H2,1H3,(H,25,27)(H,28,29,32)/b7-5+. The lowest BCUT2D eigenvalue weighted by molar-refractivity contribution is -0.117. The van der Waals surface area contributed by atoms with Gasteiger partial charge in [-0.3, -0.25) is 14.7 Å². The normalized spacial score (nSPS) is 16.9. The van der Waals surface area contributed by atoms with E-state index in [0.29, 0.717) is 17.2 Å². The lowest BCUT2D eigenvalue weighted by Crippen LogP contribution is -2.35. The molecule has 1 saturated carbocycles. The predicted molar refractivity (Wildman–Crippen MR) is 127 cm³/mol. The lowest BCUT2D eigenvalue weighted by atomic mass is 10.1. The first-order valence-electron chi connectivity index (χ1n) is 11.3. The van der Waals surface area contributed by atoms with Crippen LogP contribution >= 0.6 is 0 Å². The molecular formula is C24H27N7O2. The van der Waals surface area contributed by atoms with Crippen molar-refractivity contribution in [2.24, 2.45) is 5.92 Å². The van der Waals surface area contributed by atoms with Gasteiger partial charge in [0.2, 0.25) is 5.91 Å². The van der Waals surface area contributed by atoms with Crippen molar-refractivity contribution >= 4 is 40.6 Å². The Balaban J connectivity index is 1.36. The Morgan fingerprint density at radius 1 is 1.15 bits per heavy atom. The Bertz CT molecular complexity index is 1170. The van der Waals surface area contributed by atoms with Crippen molar-refractivity contribution in [1.82, 2.24) is 25.1 Å². The van der Waals surface area contributed by atoms with Crippen molar-refractivity contribution in [3.05, 3.63) is 47.4 Å². The minimum Gasteiger partial charge on any atom is -0.379 e. The second-order valence-corrected chi connectivity index (χ2v) is 8.38. The van der Waals surface area contributed by atoms with Crippen LogP contribution in [0.5, 0.6) is 0 Å². The van der Waals surface area contributed by atoms with Gasteiger partial charge in [0.05, 0.1) is 18.9 Å². The third-order valence-electron chi connectivity index (χ3n) is 5.89. The first-order chi connectivity index (χ1) is 16.2. The van der Waals surface area contributed by atoms with Gasteiger partial charge in [0, 0.05) is 55.9 Å². The molecule has 9 nitrogen and oxygen atoms in total. The number of amides is 1. The number of hydrogen-bond acceptors (Lipinski definition) is 8. The number of pyridine rings is 2. The average molecular weight is 446 g/mol. The van der Waals surface area contributed by atoms with Gasteiger partial charge in [0.15, 0.2) is 11.6 Å². The van der Waals surface area contributed by atoms with Crippen molar-refractivity contribution in [3.8, 4) is 0 Å². The molecule has 0 spiro atoms. The Hall–Kier alpha value is -3.43. The molecule has 0 aromatic carbocycles. The zero-order valence-electron chi connectivity index (χ0n) is 18.6. The first-order valence-corrected chi connectivity index (χ1v) is 11.3. The molecule has 4 heterocycles. The Morgan fingerprint density at radius 3 is 2.73 bits per heavy atom. The SMILES string of the molecule is CNc1ncc(/C=C/c2ccc(CN3CCOCC3)cn2)c2cc(NC(=O)C3CC3)nnc12. The summed E-state index contributed by atoms with van der Waals surface area (Å²) in [6.45, 7) is 4.37. The molecule has 0 bridgehead atoms. The van der Waals surface area contributed by atoms with E-state index in [4.69, 9.17) is 4.74 Å². The van der Waals surface area contributed by atoms with E-state index in [0.717, 1.165) is 62.3 Å². The molecule has 33 heavy (non-hydrogen) atoms. The summed E-state index contributed by atoms with van der Waals surface area (Å²) in [4.78, 5) is 23.6. The Labute approximate surface area is 192 Å². The second-order valence-electron chi connectivity index (χ2n) is 8.38. The van der Waals surface area contributed by atoms with Crippen LogP contribution in [0.1, 0.15) is 29.7 Å². The number of rotatable bonds is 7. The molecule has 1 saturated heterocycles. The molecule has 2 aliphatic rings. The van der Waals surface area contributed by atoms with Gasteiger partial charge in [-0.2, -0.15) is 0 Å². The van der Waals surface area contributed by atoms with E-state index < -0.39 is 0 Å². The summed E-state index contributed by atoms with van der Waals surface area (Å²) in [5, 5.41) is 15.3. The van der Waals surface area contributed by atoms with Crippen LogP contribution in [-0.4, -0.2) is 64.3 Å². The highest BCUT2D eigenvalue weighted by Crippen LogP contribution is 2.31. The molecule has 0 atom stereocenters. The number of carbonyl (C=O) groups excluding carboxylic acids is 1. The maximum atomic E-state index is 12.1. The quantitative estimate of drug-likeness (QED) is 0.572. The van der Waals surface area contributed by atoms with Crippen molar-refractivity contribution in [1.29, 1.82) is 0 Å². The maximum Gasteiger partial charge on any atom is 0.228 e. The smallest absolute Gasteiger partial charge is 0.228 e. The topological polar surface area (TPSA) is 105 Å². The summed E-state index contributed by atoms with van der Waals surface area (Å²) in [5.74, 6) is 1.20. The molecule has 3 aromatic heterocycles. The van der Waals surface area contributed by atoms with Gasteiger partial charge in [-0.05, 0) is 36.6 Å². The van der Waals surface area contributed by atoms with Crippen LogP contribution in [-0.2, 0) is 16.1 Å². The van der Waals surface area contributed by atoms with Crippen LogP contribution in [0.2, 0.25) is 0 Å². The number of aromatic nitrogens is 4. The van der Waals surface area contributed by atoms with Crippen molar-refractivity contribution in [2.45, 2.75) is 19.4 Å². The van der Waals surface area contributed by atoms with E-state index >= 15 is 0 Å². The molecular weight excluding hydrogens is 418 g/mol. The fourth-order valence-electron chi connectivity index (χ4n) is 3.82. The number of fused-ring (bicyclic) bond motifs is 1. The molecule has 170 valence electrons. The Kier molecular flexibility index (Phi) is 6.23. The molecule has 9 heteroatoms. The van der Waals surface area contributed by atoms with Crippen LogP contribution in [0.3, 0.4) is 0 Å². The van der Waals surface area contributed by atoms with Gasteiger partial charge in [-0.15, -0.1) is 10.2 Å². The number of morpholine rings is 1. The molecule has 0 unspecified atom stereocenters. The molecule has 2 N–H and O–H groups in total. The van der Waals surface area contributed by atoms with Gasteiger partial charge in [-0.1, -0.05) is 12.1 Å². The van der Waals surface area contributed by atoms with E-state index in [1.165, 1.54) is 5.56 Å². The number of nitrogens with zero attached hydrogens (tertiary/aromatic N) is 5. The van der Waals surface area contributed by atoms with Crippen molar-refractivity contribution in [3.63, 3.8) is 0 Å². The van der Waals surface area contributed by atoms with Crippen LogP contribution in [0.15, 0.2) is 30.6 Å². The zero-order valence-corrected chi connectivity index (χ0v) is 18.6. The van der Waals surface area contributed by atoms with Crippen molar-refractivity contribution < 1.29 is 9.53 Å². The highest BCUT2D eigenvalue weighted by Gasteiger charge is 2.30. The summed E-state index contributed by atoms with van der Waals surface area (Å²) in [5.41, 5.74) is 3.57. The van der Waals surface area contributed by atoms with E-state index in [1.807, 2.05) is 30.5 Å². The maximum absolute atomic E-state index is 12.1. The van der Waals surface area contributed by atoms with Crippen LogP contribution in [0, 0.1) is 5.92 Å². The van der Waals surface area contributed by atoms with Gasteiger partial charge in [0.1, 0.15) is 5.52 Å². The monoisotopic (exact) mass is 445 g/mol. The minimum absolute atomic E-state index is 0.00464. The second kappa shape index (κ2) is 9.60. The summed E-state index contributed by atoms with van der Waals surface area (Å²) < 4.78 is 5.41. The number of ether oxygens (including phenoxy) is 1. The first kappa shape index (κ1) is 21.4. The number of carbonyl (C=O) groups is 1. The lowest BCUT2D eigenvalue weighted by Gasteiger charge is -2.26. The van der Waals surface area contributed by atoms with E-state index in [1.54, 1.807) is 13.2 Å². The van der Waals surface area contributed by atoms with Crippen LogP contribution < -0.4 is 10.6 Å². The summed E-state index contributed by atoms with van der Waals surface area (Å²) in [6.07, 6.45) is 9.50. The minimum atomic E-state index is 0.00464. The summed E-state index contributed by atoms with van der Waals surface area (Å²) in [7, 11) is 1.80. The third-order valence-corrected chi connectivity index (χ3v) is 5.89. The van der Waals surface area contributed by atoms with Gasteiger partial charge in [-0.25, -0.2) is 4.98 Å². The van der Waals surface area contributed by atoms with Gasteiger partial charge < -0.3 is 15.4 Å². The summed E-state index contributed by atoms with van der Waals surface area (Å²) >= 11 is 0. The Morgan fingerprint density at radius 2 is 2.00 bits per heavy atom. The molecule has 3 aromatic rings. The van der Waals surface area contributed by atoms with Crippen LogP contribution in [0.4, 0.5) is 11.6 Å². The fourth-order valence-corrected chi connectivity index (χ4v) is 3.82. The molecule has 2 fully saturated rings. The van der Waals surface area contributed by atoms with Crippen molar-refractivity contribution in [2.75, 3.05) is 44.0 Å². The predicted octanol–water partition coefficient (Wildman–Crippen LogP) is 2.81. The highest BCUT2D eigenvalue weighted by atomic mass is 16.5. The number of anilines is 2. The van der Waals surface area contributed by atoms with E-state index in [-0.39, 0.29) is 11.8 Å². The van der Waals surface area contributed by atoms with Gasteiger partial charge in [0.25, 0.3) is 0 Å². The summed E-state index contributed by atoms with van der Waals surface area (Å²) in [6, 6.07) is 5.98. The molecule has 1 amide bonds. The molecule has 1 aliphatic heterocycles. The largest absolute Gasteiger partial charge is 0.379 e. The van der Waals surface area contributed by atoms with Crippen LogP contribution in [0.25, 0.3) is 23.1 Å². The number of hydrogen-bond donors (Lipinski definition) is 2. The number of nitrogens with one attached hydrogen (secondary N) is 2. The van der Waals surface area contributed by atoms with Gasteiger partial charge >= 0.3 is 0 Å². The van der Waals surface area contributed by atoms with E-state index in [9.17, 15) is 4.79 Å². The average Bonchev–Trinajstić information content (AvgIpc) is 3.70. The molecule has 1 aliphatic carbocycles. The fraction of sp³-hybridized carbons (Fsp3) is 0.375. The third kappa shape index (κ3) is 5.15. The zero-order chi connectivity index (χ0) is 22.6. The molecule has 5 rings (SSSR count). The molecule has 0 radical (unpaired) electrons. The highest BCUT2D eigenvalue weighted by molar-refractivity contribution is 5.99. The van der Waals surface area contributed by atoms with E-state index in [2.05, 4.69) is 41.8 Å².